The molecule has 0 fully saturated rings. The third kappa shape index (κ3) is 7.22. The fourth-order valence-corrected chi connectivity index (χ4v) is 3.40. The Morgan fingerprint density at radius 2 is 1.91 bits per heavy atom. The van der Waals surface area contributed by atoms with Gasteiger partial charge in [0.2, 0.25) is 0 Å². The molecule has 2 heterocycles. The smallest absolute Gasteiger partial charge is 0.277 e. The van der Waals surface area contributed by atoms with Crippen LogP contribution in [0.1, 0.15) is 27.3 Å². The fraction of sp³-hybridized carbons (Fsp3) is 0.182. The standard InChI is InChI=1S/C22H22ClN5O4S.ClH/c1-33(31)15-6-7-16(18(12-15)32-11-3-9-24)21(29)27-17-4-2-10-25-20(17)22(30)28-19-8-5-14(23)13-26-19;/h2,4-8,10,12-13H,3,9,11,24H2,1H3,(H,27,29)(H,26,28,30);1H. The van der Waals surface area contributed by atoms with Crippen LogP contribution in [0.5, 0.6) is 5.75 Å². The van der Waals surface area contributed by atoms with Gasteiger partial charge >= 0.3 is 0 Å². The maximum atomic E-state index is 13.0. The van der Waals surface area contributed by atoms with E-state index < -0.39 is 22.6 Å². The number of nitrogens with zero attached hydrogens (tertiary/aromatic N) is 2. The first-order chi connectivity index (χ1) is 15.9. The highest BCUT2D eigenvalue weighted by molar-refractivity contribution is 7.84. The molecule has 1 aromatic carbocycles. The predicted molar refractivity (Wildman–Crippen MR) is 135 cm³/mol. The molecule has 0 bridgehead atoms. The van der Waals surface area contributed by atoms with Crippen molar-refractivity contribution in [3.8, 4) is 5.75 Å². The first kappa shape index (κ1) is 27.2. The van der Waals surface area contributed by atoms with E-state index >= 15 is 0 Å². The van der Waals surface area contributed by atoms with Crippen LogP contribution in [0.15, 0.2) is 59.8 Å². The molecule has 12 heteroatoms. The third-order valence-corrected chi connectivity index (χ3v) is 5.52. The van der Waals surface area contributed by atoms with Gasteiger partial charge in [0.15, 0.2) is 5.69 Å². The van der Waals surface area contributed by atoms with Gasteiger partial charge in [0.1, 0.15) is 11.6 Å². The quantitative estimate of drug-likeness (QED) is 0.365. The molecule has 34 heavy (non-hydrogen) atoms. The molecule has 180 valence electrons. The van der Waals surface area contributed by atoms with Crippen LogP contribution in [0.2, 0.25) is 5.02 Å². The van der Waals surface area contributed by atoms with Crippen molar-refractivity contribution in [2.24, 2.45) is 5.73 Å². The molecule has 0 aliphatic rings. The number of aromatic nitrogens is 2. The van der Waals surface area contributed by atoms with Gasteiger partial charge in [-0.1, -0.05) is 11.6 Å². The highest BCUT2D eigenvalue weighted by Crippen LogP contribution is 2.25. The van der Waals surface area contributed by atoms with Crippen LogP contribution in [0, 0.1) is 0 Å². The summed E-state index contributed by atoms with van der Waals surface area (Å²) in [5.74, 6) is -0.519. The zero-order valence-corrected chi connectivity index (χ0v) is 20.5. The van der Waals surface area contributed by atoms with Gasteiger partial charge < -0.3 is 21.1 Å². The van der Waals surface area contributed by atoms with Crippen LogP contribution in [0.3, 0.4) is 0 Å². The van der Waals surface area contributed by atoms with Crippen molar-refractivity contribution in [2.45, 2.75) is 11.3 Å². The molecule has 3 rings (SSSR count). The number of ether oxygens (including phenoxy) is 1. The summed E-state index contributed by atoms with van der Waals surface area (Å²) >= 11 is 5.82. The Morgan fingerprint density at radius 3 is 2.59 bits per heavy atom. The molecule has 1 atom stereocenters. The summed E-state index contributed by atoms with van der Waals surface area (Å²) in [7, 11) is -1.25. The molecular formula is C22H23Cl2N5O4S. The summed E-state index contributed by atoms with van der Waals surface area (Å²) in [6.45, 7) is 0.725. The number of amides is 2. The molecule has 9 nitrogen and oxygen atoms in total. The lowest BCUT2D eigenvalue weighted by Gasteiger charge is -2.14. The molecule has 0 aliphatic heterocycles. The van der Waals surface area contributed by atoms with Crippen molar-refractivity contribution < 1.29 is 18.5 Å². The van der Waals surface area contributed by atoms with Gasteiger partial charge in [-0.3, -0.25) is 13.8 Å². The molecule has 0 saturated heterocycles. The number of hydrogen-bond acceptors (Lipinski definition) is 7. The number of pyridine rings is 2. The Kier molecular flexibility index (Phi) is 10.4. The van der Waals surface area contributed by atoms with Crippen LogP contribution >= 0.6 is 24.0 Å². The minimum atomic E-state index is -1.25. The Morgan fingerprint density at radius 1 is 1.12 bits per heavy atom. The van der Waals surface area contributed by atoms with Gasteiger partial charge in [0.05, 0.1) is 22.9 Å². The molecule has 4 N–H and O–H groups in total. The SMILES string of the molecule is CS(=O)c1ccc(C(=O)Nc2cccnc2C(=O)Nc2ccc(Cl)cn2)c(OCCCN)c1.Cl. The zero-order valence-electron chi connectivity index (χ0n) is 18.1. The second-order valence-electron chi connectivity index (χ2n) is 6.77. The van der Waals surface area contributed by atoms with Crippen molar-refractivity contribution in [3.63, 3.8) is 0 Å². The van der Waals surface area contributed by atoms with Gasteiger partial charge in [-0.15, -0.1) is 12.4 Å². The number of rotatable bonds is 9. The van der Waals surface area contributed by atoms with E-state index in [1.165, 1.54) is 24.7 Å². The first-order valence-corrected chi connectivity index (χ1v) is 11.8. The molecule has 2 amide bonds. The Labute approximate surface area is 210 Å². The molecular weight excluding hydrogens is 501 g/mol. The predicted octanol–water partition coefficient (Wildman–Crippen LogP) is 3.52. The van der Waals surface area contributed by atoms with Crippen molar-refractivity contribution >= 4 is 58.1 Å². The highest BCUT2D eigenvalue weighted by Gasteiger charge is 2.19. The van der Waals surface area contributed by atoms with Gasteiger partial charge in [-0.05, 0) is 55.4 Å². The van der Waals surface area contributed by atoms with Gasteiger partial charge in [-0.2, -0.15) is 0 Å². The topological polar surface area (TPSA) is 136 Å². The Bertz CT molecular complexity index is 1180. The summed E-state index contributed by atoms with van der Waals surface area (Å²) in [5, 5.41) is 5.74. The Balaban J connectivity index is 0.00000408. The van der Waals surface area contributed by atoms with E-state index in [1.54, 1.807) is 36.4 Å². The molecule has 1 unspecified atom stereocenters. The van der Waals surface area contributed by atoms with Crippen molar-refractivity contribution in [1.29, 1.82) is 0 Å². The summed E-state index contributed by atoms with van der Waals surface area (Å²) in [6.07, 6.45) is 4.96. The summed E-state index contributed by atoms with van der Waals surface area (Å²) in [5.41, 5.74) is 5.93. The number of nitrogens with two attached hydrogens (primary N) is 1. The lowest BCUT2D eigenvalue weighted by Crippen LogP contribution is -2.20. The van der Waals surface area contributed by atoms with Crippen molar-refractivity contribution in [1.82, 2.24) is 9.97 Å². The summed E-state index contributed by atoms with van der Waals surface area (Å²) in [4.78, 5) is 34.4. The maximum absolute atomic E-state index is 13.0. The monoisotopic (exact) mass is 523 g/mol. The van der Waals surface area contributed by atoms with E-state index in [0.29, 0.717) is 29.5 Å². The maximum Gasteiger partial charge on any atom is 0.277 e. The Hall–Kier alpha value is -3.05. The number of hydrogen-bond donors (Lipinski definition) is 3. The number of nitrogens with one attached hydrogen (secondary N) is 2. The van der Waals surface area contributed by atoms with Crippen LogP contribution < -0.4 is 21.1 Å². The van der Waals surface area contributed by atoms with E-state index in [9.17, 15) is 13.8 Å². The average Bonchev–Trinajstić information content (AvgIpc) is 2.81. The third-order valence-electron chi connectivity index (χ3n) is 4.38. The average molecular weight is 524 g/mol. The zero-order chi connectivity index (χ0) is 23.8. The van der Waals surface area contributed by atoms with E-state index in [0.717, 1.165) is 0 Å². The lowest BCUT2D eigenvalue weighted by molar-refractivity contribution is 0.102. The van der Waals surface area contributed by atoms with Crippen LogP contribution in [-0.4, -0.2) is 45.4 Å². The first-order valence-electron chi connectivity index (χ1n) is 9.88. The number of benzene rings is 1. The van der Waals surface area contributed by atoms with Crippen molar-refractivity contribution in [2.75, 3.05) is 30.0 Å². The molecule has 0 saturated carbocycles. The second kappa shape index (κ2) is 13.0. The number of carbonyl (C=O) groups is 2. The number of anilines is 2. The number of halogens is 2. The molecule has 2 aromatic heterocycles. The molecule has 0 radical (unpaired) electrons. The van der Waals surface area contributed by atoms with Crippen LogP contribution in [0.25, 0.3) is 0 Å². The van der Waals surface area contributed by atoms with Gasteiger partial charge in [0, 0.05) is 34.3 Å². The molecule has 0 spiro atoms. The van der Waals surface area contributed by atoms with E-state index in [4.69, 9.17) is 22.1 Å². The minimum Gasteiger partial charge on any atom is -0.493 e. The molecule has 3 aromatic rings. The van der Waals surface area contributed by atoms with E-state index in [1.807, 2.05) is 0 Å². The van der Waals surface area contributed by atoms with E-state index in [-0.39, 0.29) is 40.9 Å². The second-order valence-corrected chi connectivity index (χ2v) is 8.59. The van der Waals surface area contributed by atoms with Crippen molar-refractivity contribution in [3.05, 3.63) is 71.1 Å². The van der Waals surface area contributed by atoms with Crippen LogP contribution in [0.4, 0.5) is 11.5 Å². The lowest BCUT2D eigenvalue weighted by atomic mass is 10.1. The summed E-state index contributed by atoms with van der Waals surface area (Å²) in [6, 6.07) is 11.0. The fourth-order valence-electron chi connectivity index (χ4n) is 2.76. The molecule has 0 aliphatic carbocycles. The largest absolute Gasteiger partial charge is 0.493 e. The normalized spacial score (nSPS) is 11.1. The highest BCUT2D eigenvalue weighted by atomic mass is 35.5. The van der Waals surface area contributed by atoms with Gasteiger partial charge in [-0.25, -0.2) is 9.97 Å². The summed E-state index contributed by atoms with van der Waals surface area (Å²) < 4.78 is 17.6. The van der Waals surface area contributed by atoms with Gasteiger partial charge in [0.25, 0.3) is 11.8 Å². The number of carbonyl (C=O) groups excluding carboxylic acids is 2. The van der Waals surface area contributed by atoms with E-state index in [2.05, 4.69) is 20.6 Å². The minimum absolute atomic E-state index is 0. The van der Waals surface area contributed by atoms with Crippen LogP contribution in [-0.2, 0) is 10.8 Å².